The SMILES string of the molecule is CC(=O)O.CC(=O)O.CC(=O)O.OCC(O)CO.OCC(O)CO.OCC(O)CO.OCC(O)CO. The molecule has 0 saturated heterocycles. The Labute approximate surface area is 207 Å². The first-order valence-electron chi connectivity index (χ1n) is 9.61. The van der Waals surface area contributed by atoms with Crippen LogP contribution in [0.15, 0.2) is 0 Å². The molecule has 0 heterocycles. The van der Waals surface area contributed by atoms with Gasteiger partial charge in [0.25, 0.3) is 17.9 Å². The molecule has 0 aromatic heterocycles. The molecule has 0 radical (unpaired) electrons. The molecular weight excluding hydrogens is 504 g/mol. The number of carboxylic acid groups (broad SMARTS) is 3. The number of hydrogen-bond donors (Lipinski definition) is 15. The Morgan fingerprint density at radius 1 is 0.389 bits per heavy atom. The van der Waals surface area contributed by atoms with Gasteiger partial charge >= 0.3 is 0 Å². The number of hydrogen-bond acceptors (Lipinski definition) is 15. The minimum absolute atomic E-state index is 0.365. The van der Waals surface area contributed by atoms with Crippen LogP contribution in [-0.4, -0.2) is 172 Å². The van der Waals surface area contributed by atoms with E-state index in [1.165, 1.54) is 0 Å². The van der Waals surface area contributed by atoms with Crippen LogP contribution in [0.3, 0.4) is 0 Å². The summed E-state index contributed by atoms with van der Waals surface area (Å²) >= 11 is 0. The van der Waals surface area contributed by atoms with Crippen LogP contribution in [0.4, 0.5) is 0 Å². The molecule has 18 heteroatoms. The average Bonchev–Trinajstić information content (AvgIpc) is 2.81. The van der Waals surface area contributed by atoms with Crippen molar-refractivity contribution in [2.45, 2.75) is 45.2 Å². The van der Waals surface area contributed by atoms with E-state index in [1.807, 2.05) is 0 Å². The Kier molecular flexibility index (Phi) is 65.2. The van der Waals surface area contributed by atoms with E-state index in [2.05, 4.69) is 0 Å². The maximum absolute atomic E-state index is 9.00. The van der Waals surface area contributed by atoms with Crippen LogP contribution in [0, 0.1) is 0 Å². The lowest BCUT2D eigenvalue weighted by molar-refractivity contribution is -0.135. The van der Waals surface area contributed by atoms with Gasteiger partial charge in [0.2, 0.25) is 0 Å². The van der Waals surface area contributed by atoms with Crippen LogP contribution in [-0.2, 0) is 14.4 Å². The zero-order valence-electron chi connectivity index (χ0n) is 20.4. The molecule has 0 aliphatic carbocycles. The second-order valence-corrected chi connectivity index (χ2v) is 5.63. The summed E-state index contributed by atoms with van der Waals surface area (Å²) in [6.45, 7) is 0.333. The number of aliphatic hydroxyl groups excluding tert-OH is 12. The van der Waals surface area contributed by atoms with Crippen LogP contribution in [0.1, 0.15) is 20.8 Å². The third kappa shape index (κ3) is 157. The van der Waals surface area contributed by atoms with Crippen molar-refractivity contribution in [1.29, 1.82) is 0 Å². The normalized spacial score (nSPS) is 8.75. The summed E-state index contributed by atoms with van der Waals surface area (Å²) in [5.41, 5.74) is 0. The Morgan fingerprint density at radius 2 is 0.444 bits per heavy atom. The summed E-state index contributed by atoms with van der Waals surface area (Å²) in [6.07, 6.45) is -3.81. The van der Waals surface area contributed by atoms with Crippen molar-refractivity contribution in [3.8, 4) is 0 Å². The van der Waals surface area contributed by atoms with Crippen LogP contribution >= 0.6 is 0 Å². The van der Waals surface area contributed by atoms with Crippen LogP contribution in [0.25, 0.3) is 0 Å². The first-order valence-corrected chi connectivity index (χ1v) is 9.61. The van der Waals surface area contributed by atoms with Crippen molar-refractivity contribution in [3.63, 3.8) is 0 Å². The highest BCUT2D eigenvalue weighted by atomic mass is 16.4. The van der Waals surface area contributed by atoms with Gasteiger partial charge in [-0.1, -0.05) is 0 Å². The van der Waals surface area contributed by atoms with Gasteiger partial charge in [-0.15, -0.1) is 0 Å². The van der Waals surface area contributed by atoms with Crippen LogP contribution < -0.4 is 0 Å². The fraction of sp³-hybridized carbons (Fsp3) is 0.833. The molecule has 0 saturated carbocycles. The predicted molar refractivity (Wildman–Crippen MR) is 121 cm³/mol. The first-order chi connectivity index (χ1) is 16.4. The van der Waals surface area contributed by atoms with Crippen LogP contribution in [0.5, 0.6) is 0 Å². The van der Waals surface area contributed by atoms with Gasteiger partial charge in [0.05, 0.1) is 52.9 Å². The standard InChI is InChI=1S/4C3H8O3.3C2H4O2/c4*4-1-3(6)2-5;3*1-2(3)4/h4*3-6H,1-2H2;3*1H3,(H,3,4). The summed E-state index contributed by atoms with van der Waals surface area (Å²) < 4.78 is 0. The van der Waals surface area contributed by atoms with E-state index < -0.39 is 42.3 Å². The highest BCUT2D eigenvalue weighted by Gasteiger charge is 1.95. The summed E-state index contributed by atoms with van der Waals surface area (Å²) in [4.78, 5) is 27.0. The number of carbonyl (C=O) groups is 3. The molecule has 0 aromatic rings. The fourth-order valence-corrected chi connectivity index (χ4v) is 0.231. The monoisotopic (exact) mass is 548 g/mol. The smallest absolute Gasteiger partial charge is 0.300 e. The minimum atomic E-state index is -0.954. The highest BCUT2D eigenvalue weighted by Crippen LogP contribution is 1.73. The molecule has 0 unspecified atom stereocenters. The van der Waals surface area contributed by atoms with Crippen LogP contribution in [0.2, 0.25) is 0 Å². The quantitative estimate of drug-likeness (QED) is 0.134. The topological polar surface area (TPSA) is 355 Å². The summed E-state index contributed by atoms with van der Waals surface area (Å²) in [5, 5.41) is 118. The van der Waals surface area contributed by atoms with Gasteiger partial charge < -0.3 is 76.6 Å². The zero-order chi connectivity index (χ0) is 30.7. The Morgan fingerprint density at radius 3 is 0.444 bits per heavy atom. The molecule has 0 spiro atoms. The molecule has 0 amide bonds. The average molecular weight is 549 g/mol. The van der Waals surface area contributed by atoms with E-state index in [4.69, 9.17) is 91.0 Å². The minimum Gasteiger partial charge on any atom is -0.481 e. The van der Waals surface area contributed by atoms with Crippen molar-refractivity contribution in [3.05, 3.63) is 0 Å². The van der Waals surface area contributed by atoms with Crippen molar-refractivity contribution in [2.24, 2.45) is 0 Å². The lowest BCUT2D eigenvalue weighted by Crippen LogP contribution is -2.15. The van der Waals surface area contributed by atoms with E-state index in [1.54, 1.807) is 0 Å². The molecule has 18 nitrogen and oxygen atoms in total. The summed E-state index contributed by atoms with van der Waals surface area (Å²) in [6, 6.07) is 0. The third-order valence-corrected chi connectivity index (χ3v) is 1.69. The van der Waals surface area contributed by atoms with E-state index >= 15 is 0 Å². The molecule has 224 valence electrons. The number of aliphatic carboxylic acids is 3. The molecule has 0 atom stereocenters. The fourth-order valence-electron chi connectivity index (χ4n) is 0.231. The predicted octanol–water partition coefficient (Wildman–Crippen LogP) is -6.40. The third-order valence-electron chi connectivity index (χ3n) is 1.69. The lowest BCUT2D eigenvalue weighted by atomic mass is 10.4. The first kappa shape index (κ1) is 50.7. The Balaban J connectivity index is -0.0000000550. The molecular formula is C18H44O18. The molecule has 36 heavy (non-hydrogen) atoms. The van der Waals surface area contributed by atoms with E-state index in [-0.39, 0.29) is 52.9 Å². The van der Waals surface area contributed by atoms with Gasteiger partial charge in [-0.05, 0) is 0 Å². The molecule has 0 bridgehead atoms. The van der Waals surface area contributed by atoms with Gasteiger partial charge in [0.15, 0.2) is 0 Å². The van der Waals surface area contributed by atoms with Gasteiger partial charge in [0.1, 0.15) is 24.4 Å². The number of rotatable bonds is 8. The van der Waals surface area contributed by atoms with E-state index in [0.29, 0.717) is 0 Å². The van der Waals surface area contributed by atoms with Gasteiger partial charge in [0, 0.05) is 20.8 Å². The number of carboxylic acids is 3. The van der Waals surface area contributed by atoms with Crippen molar-refractivity contribution >= 4 is 17.9 Å². The maximum atomic E-state index is 9.00. The van der Waals surface area contributed by atoms with E-state index in [0.717, 1.165) is 20.8 Å². The van der Waals surface area contributed by atoms with E-state index in [9.17, 15) is 0 Å². The lowest BCUT2D eigenvalue weighted by Gasteiger charge is -1.96. The van der Waals surface area contributed by atoms with Gasteiger partial charge in [-0.2, -0.15) is 0 Å². The summed E-state index contributed by atoms with van der Waals surface area (Å²) in [7, 11) is 0. The van der Waals surface area contributed by atoms with Crippen molar-refractivity contribution in [1.82, 2.24) is 0 Å². The van der Waals surface area contributed by atoms with Gasteiger partial charge in [-0.3, -0.25) is 14.4 Å². The zero-order valence-corrected chi connectivity index (χ0v) is 20.4. The molecule has 0 fully saturated rings. The summed E-state index contributed by atoms with van der Waals surface area (Å²) in [5.74, 6) is -2.50. The Bertz CT molecular complexity index is 326. The van der Waals surface area contributed by atoms with Crippen molar-refractivity contribution < 1.29 is 91.0 Å². The molecule has 0 aliphatic rings. The largest absolute Gasteiger partial charge is 0.481 e. The van der Waals surface area contributed by atoms with Crippen molar-refractivity contribution in [2.75, 3.05) is 52.9 Å². The Hall–Kier alpha value is -2.07. The highest BCUT2D eigenvalue weighted by molar-refractivity contribution is 5.63. The second kappa shape index (κ2) is 46.3. The van der Waals surface area contributed by atoms with Gasteiger partial charge in [-0.25, -0.2) is 0 Å². The molecule has 0 rings (SSSR count). The molecule has 0 aliphatic heterocycles. The maximum Gasteiger partial charge on any atom is 0.300 e. The second-order valence-electron chi connectivity index (χ2n) is 5.63. The molecule has 15 N–H and O–H groups in total. The number of aliphatic hydroxyl groups is 12. The molecule has 0 aromatic carbocycles.